The quantitative estimate of drug-likeness (QED) is 0.497. The second kappa shape index (κ2) is 6.26. The number of thiazole rings is 1. The maximum Gasteiger partial charge on any atom is 0.173 e. The molecule has 3 nitrogen and oxygen atoms in total. The van der Waals surface area contributed by atoms with E-state index < -0.39 is 11.6 Å². The summed E-state index contributed by atoms with van der Waals surface area (Å²) in [5, 5.41) is 0.902. The SMILES string of the molecule is Cc1nc(CC(NN)c2ccc(F)c(F)c2Br)sc1C. The van der Waals surface area contributed by atoms with Gasteiger partial charge in [-0.15, -0.1) is 11.3 Å². The molecule has 0 bridgehead atoms. The van der Waals surface area contributed by atoms with Gasteiger partial charge < -0.3 is 0 Å². The van der Waals surface area contributed by atoms with Crippen LogP contribution in [0.3, 0.4) is 0 Å². The van der Waals surface area contributed by atoms with Crippen LogP contribution in [-0.2, 0) is 6.42 Å². The van der Waals surface area contributed by atoms with Gasteiger partial charge in [0.2, 0.25) is 0 Å². The molecule has 1 atom stereocenters. The van der Waals surface area contributed by atoms with Crippen molar-refractivity contribution in [1.29, 1.82) is 0 Å². The highest BCUT2D eigenvalue weighted by Crippen LogP contribution is 2.30. The lowest BCUT2D eigenvalue weighted by Crippen LogP contribution is -2.30. The van der Waals surface area contributed by atoms with Crippen LogP contribution in [0.25, 0.3) is 0 Å². The van der Waals surface area contributed by atoms with Gasteiger partial charge in [-0.1, -0.05) is 6.07 Å². The summed E-state index contributed by atoms with van der Waals surface area (Å²) in [4.78, 5) is 5.57. The zero-order valence-electron chi connectivity index (χ0n) is 11.0. The zero-order chi connectivity index (χ0) is 14.9. The summed E-state index contributed by atoms with van der Waals surface area (Å²) in [6.07, 6.45) is 0.513. The monoisotopic (exact) mass is 361 g/mol. The average Bonchev–Trinajstić information content (AvgIpc) is 2.73. The molecule has 0 aliphatic carbocycles. The number of nitrogens with two attached hydrogens (primary N) is 1. The molecule has 0 fully saturated rings. The van der Waals surface area contributed by atoms with E-state index in [9.17, 15) is 8.78 Å². The number of benzene rings is 1. The molecular formula is C13H14BrF2N3S. The molecule has 0 amide bonds. The van der Waals surface area contributed by atoms with Crippen LogP contribution in [0.1, 0.15) is 27.2 Å². The lowest BCUT2D eigenvalue weighted by atomic mass is 10.0. The standard InChI is InChI=1S/C13H14BrF2N3S/c1-6-7(2)20-11(18-6)5-10(19-17)8-3-4-9(15)13(16)12(8)14/h3-4,10,19H,5,17H2,1-2H3. The molecule has 3 N–H and O–H groups in total. The number of hydrogen-bond acceptors (Lipinski definition) is 4. The predicted molar refractivity (Wildman–Crippen MR) is 79.4 cm³/mol. The van der Waals surface area contributed by atoms with E-state index in [-0.39, 0.29) is 10.5 Å². The van der Waals surface area contributed by atoms with E-state index in [1.807, 2.05) is 13.8 Å². The van der Waals surface area contributed by atoms with Crippen LogP contribution in [0.4, 0.5) is 8.78 Å². The number of hydrogen-bond donors (Lipinski definition) is 2. The molecule has 1 unspecified atom stereocenters. The van der Waals surface area contributed by atoms with Crippen molar-refractivity contribution in [3.63, 3.8) is 0 Å². The Balaban J connectivity index is 2.31. The molecule has 20 heavy (non-hydrogen) atoms. The molecule has 0 saturated carbocycles. The first kappa shape index (κ1) is 15.5. The minimum atomic E-state index is -0.908. The molecular weight excluding hydrogens is 348 g/mol. The zero-order valence-corrected chi connectivity index (χ0v) is 13.4. The third kappa shape index (κ3) is 3.06. The van der Waals surface area contributed by atoms with Crippen molar-refractivity contribution >= 4 is 27.3 Å². The second-order valence-corrected chi connectivity index (χ2v) is 6.52. The van der Waals surface area contributed by atoms with Crippen LogP contribution in [-0.4, -0.2) is 4.98 Å². The lowest BCUT2D eigenvalue weighted by Gasteiger charge is -2.17. The summed E-state index contributed by atoms with van der Waals surface area (Å²) in [7, 11) is 0. The number of aryl methyl sites for hydroxylation is 2. The topological polar surface area (TPSA) is 50.9 Å². The largest absolute Gasteiger partial charge is 0.271 e. The fourth-order valence-corrected chi connectivity index (χ4v) is 3.45. The van der Waals surface area contributed by atoms with E-state index in [1.54, 1.807) is 11.3 Å². The Morgan fingerprint density at radius 2 is 2.10 bits per heavy atom. The summed E-state index contributed by atoms with van der Waals surface area (Å²) in [6.45, 7) is 3.93. The Morgan fingerprint density at radius 1 is 1.40 bits per heavy atom. The number of rotatable bonds is 4. The Hall–Kier alpha value is -0.890. The van der Waals surface area contributed by atoms with Crippen molar-refractivity contribution in [3.05, 3.63) is 49.4 Å². The molecule has 0 radical (unpaired) electrons. The van der Waals surface area contributed by atoms with Crippen LogP contribution in [0, 0.1) is 25.5 Å². The van der Waals surface area contributed by atoms with E-state index in [2.05, 4.69) is 26.3 Å². The van der Waals surface area contributed by atoms with Crippen molar-refractivity contribution in [2.75, 3.05) is 0 Å². The number of nitrogens with one attached hydrogen (secondary N) is 1. The van der Waals surface area contributed by atoms with E-state index in [0.29, 0.717) is 12.0 Å². The number of halogens is 3. The Bertz CT molecular complexity index is 611. The summed E-state index contributed by atoms with van der Waals surface area (Å²) >= 11 is 4.65. The van der Waals surface area contributed by atoms with Gasteiger partial charge in [0.15, 0.2) is 11.6 Å². The van der Waals surface area contributed by atoms with Crippen molar-refractivity contribution in [1.82, 2.24) is 10.4 Å². The maximum absolute atomic E-state index is 13.6. The summed E-state index contributed by atoms with van der Waals surface area (Å²) in [6, 6.07) is 2.27. The van der Waals surface area contributed by atoms with E-state index >= 15 is 0 Å². The van der Waals surface area contributed by atoms with E-state index in [1.165, 1.54) is 6.07 Å². The number of nitrogens with zero attached hydrogens (tertiary/aromatic N) is 1. The fourth-order valence-electron chi connectivity index (χ4n) is 1.87. The van der Waals surface area contributed by atoms with Crippen LogP contribution >= 0.6 is 27.3 Å². The number of hydrazine groups is 1. The van der Waals surface area contributed by atoms with Gasteiger partial charge in [0, 0.05) is 11.3 Å². The smallest absolute Gasteiger partial charge is 0.173 e. The number of aromatic nitrogens is 1. The molecule has 0 saturated heterocycles. The van der Waals surface area contributed by atoms with E-state index in [0.717, 1.165) is 21.6 Å². The fraction of sp³-hybridized carbons (Fsp3) is 0.308. The molecule has 0 spiro atoms. The van der Waals surface area contributed by atoms with Gasteiger partial charge in [-0.2, -0.15) is 0 Å². The summed E-state index contributed by atoms with van der Waals surface area (Å²) < 4.78 is 26.8. The molecule has 0 aliphatic heterocycles. The molecule has 2 aromatic rings. The third-order valence-electron chi connectivity index (χ3n) is 3.09. The van der Waals surface area contributed by atoms with Gasteiger partial charge in [0.05, 0.1) is 21.2 Å². The molecule has 7 heteroatoms. The molecule has 0 aliphatic rings. The highest BCUT2D eigenvalue weighted by atomic mass is 79.9. The minimum Gasteiger partial charge on any atom is -0.271 e. The predicted octanol–water partition coefficient (Wildman–Crippen LogP) is 3.55. The molecule has 2 rings (SSSR count). The summed E-state index contributed by atoms with van der Waals surface area (Å²) in [5.41, 5.74) is 4.17. The van der Waals surface area contributed by atoms with Crippen molar-refractivity contribution in [3.8, 4) is 0 Å². The highest BCUT2D eigenvalue weighted by Gasteiger charge is 2.20. The molecule has 1 aromatic heterocycles. The second-order valence-electron chi connectivity index (χ2n) is 4.44. The minimum absolute atomic E-state index is 0.0884. The van der Waals surface area contributed by atoms with Crippen molar-refractivity contribution in [2.45, 2.75) is 26.3 Å². The van der Waals surface area contributed by atoms with Gasteiger partial charge in [0.25, 0.3) is 0 Å². The highest BCUT2D eigenvalue weighted by molar-refractivity contribution is 9.10. The first-order chi connectivity index (χ1) is 9.43. The van der Waals surface area contributed by atoms with Gasteiger partial charge in [-0.3, -0.25) is 11.3 Å². The molecule has 1 aromatic carbocycles. The molecule has 1 heterocycles. The van der Waals surface area contributed by atoms with Crippen LogP contribution in [0.2, 0.25) is 0 Å². The van der Waals surface area contributed by atoms with E-state index in [4.69, 9.17) is 5.84 Å². The first-order valence-corrected chi connectivity index (χ1v) is 7.57. The van der Waals surface area contributed by atoms with Crippen LogP contribution < -0.4 is 11.3 Å². The Morgan fingerprint density at radius 3 is 2.65 bits per heavy atom. The normalized spacial score (nSPS) is 12.7. The summed E-state index contributed by atoms with van der Waals surface area (Å²) in [5.74, 6) is 3.74. The van der Waals surface area contributed by atoms with Crippen LogP contribution in [0.15, 0.2) is 16.6 Å². The van der Waals surface area contributed by atoms with Gasteiger partial charge in [-0.05, 0) is 41.4 Å². The van der Waals surface area contributed by atoms with Gasteiger partial charge in [0.1, 0.15) is 0 Å². The maximum atomic E-state index is 13.6. The first-order valence-electron chi connectivity index (χ1n) is 5.96. The molecule has 108 valence electrons. The van der Waals surface area contributed by atoms with Gasteiger partial charge in [-0.25, -0.2) is 13.8 Å². The van der Waals surface area contributed by atoms with Gasteiger partial charge >= 0.3 is 0 Å². The average molecular weight is 362 g/mol. The van der Waals surface area contributed by atoms with Crippen molar-refractivity contribution < 1.29 is 8.78 Å². The Kier molecular flexibility index (Phi) is 4.85. The lowest BCUT2D eigenvalue weighted by molar-refractivity contribution is 0.491. The Labute approximate surface area is 128 Å². The van der Waals surface area contributed by atoms with Crippen LogP contribution in [0.5, 0.6) is 0 Å². The van der Waals surface area contributed by atoms with Crippen molar-refractivity contribution in [2.24, 2.45) is 5.84 Å². The third-order valence-corrected chi connectivity index (χ3v) is 4.99.